The molecular weight excluding hydrogens is 677 g/mol. The Morgan fingerprint density at radius 3 is 1.46 bits per heavy atom. The third-order valence-corrected chi connectivity index (χ3v) is 10.8. The van der Waals surface area contributed by atoms with Gasteiger partial charge >= 0.3 is 0 Å². The van der Waals surface area contributed by atoms with E-state index in [1.807, 2.05) is 0 Å². The largest absolute Gasteiger partial charge is 0.309 e. The average Bonchev–Trinajstić information content (AvgIpc) is 3.63. The highest BCUT2D eigenvalue weighted by molar-refractivity contribution is 6.17. The lowest BCUT2D eigenvalue weighted by atomic mass is 9.89. The van der Waals surface area contributed by atoms with E-state index < -0.39 is 0 Å². The van der Waals surface area contributed by atoms with E-state index in [1.54, 1.807) is 0 Å². The van der Waals surface area contributed by atoms with E-state index in [0.717, 1.165) is 33.8 Å². The third kappa shape index (κ3) is 5.85. The van der Waals surface area contributed by atoms with Gasteiger partial charge in [-0.2, -0.15) is 0 Å². The highest BCUT2D eigenvalue weighted by atomic mass is 15.1. The van der Waals surface area contributed by atoms with Gasteiger partial charge in [0.15, 0.2) is 0 Å². The number of hydrogen-bond acceptors (Lipinski definition) is 1. The van der Waals surface area contributed by atoms with Gasteiger partial charge in [0.25, 0.3) is 0 Å². The zero-order chi connectivity index (χ0) is 37.3. The van der Waals surface area contributed by atoms with Crippen LogP contribution < -0.4 is 4.90 Å². The van der Waals surface area contributed by atoms with Crippen molar-refractivity contribution < 1.29 is 0 Å². The summed E-state index contributed by atoms with van der Waals surface area (Å²) in [6.07, 6.45) is 0. The molecule has 9 aromatic carbocycles. The minimum Gasteiger partial charge on any atom is -0.309 e. The van der Waals surface area contributed by atoms with Crippen LogP contribution in [0.1, 0.15) is 0 Å². The fourth-order valence-corrected chi connectivity index (χ4v) is 8.33. The summed E-state index contributed by atoms with van der Waals surface area (Å²) in [5, 5.41) is 2.41. The van der Waals surface area contributed by atoms with Crippen LogP contribution in [0.5, 0.6) is 0 Å². The number of aromatic nitrogens is 1. The average molecular weight is 715 g/mol. The van der Waals surface area contributed by atoms with E-state index in [1.165, 1.54) is 55.3 Å². The summed E-state index contributed by atoms with van der Waals surface area (Å²) >= 11 is 0. The Bertz CT molecular complexity index is 2950. The maximum atomic E-state index is 2.45. The topological polar surface area (TPSA) is 8.17 Å². The SMILES string of the molecule is c1ccc(-c2ccccc2-c2cc(-n3c4ccccc4c4c(N(c5ccccc5)c5ccccc5-c5ccccc5)cccc43)ccc2-c2ccccc2)cc1. The molecule has 0 radical (unpaired) electrons. The number of fused-ring (bicyclic) bond motifs is 3. The van der Waals surface area contributed by atoms with Crippen molar-refractivity contribution >= 4 is 38.9 Å². The predicted molar refractivity (Wildman–Crippen MR) is 237 cm³/mol. The van der Waals surface area contributed by atoms with Crippen LogP contribution in [0, 0.1) is 0 Å². The first kappa shape index (κ1) is 33.2. The van der Waals surface area contributed by atoms with Gasteiger partial charge in [-0.05, 0) is 87.5 Å². The molecule has 0 bridgehead atoms. The van der Waals surface area contributed by atoms with Crippen molar-refractivity contribution in [2.24, 2.45) is 0 Å². The molecule has 0 aliphatic heterocycles. The molecular formula is C54H38N2. The van der Waals surface area contributed by atoms with E-state index >= 15 is 0 Å². The summed E-state index contributed by atoms with van der Waals surface area (Å²) in [6, 6.07) is 83.0. The van der Waals surface area contributed by atoms with Crippen molar-refractivity contribution in [1.29, 1.82) is 0 Å². The molecule has 10 aromatic rings. The van der Waals surface area contributed by atoms with Crippen molar-refractivity contribution in [3.8, 4) is 50.2 Å². The van der Waals surface area contributed by atoms with E-state index in [-0.39, 0.29) is 0 Å². The molecule has 0 fully saturated rings. The van der Waals surface area contributed by atoms with E-state index in [9.17, 15) is 0 Å². The standard InChI is InChI=1S/C54H38N2/c1-5-20-39(21-6-1)44-28-13-14-30-47(44)49-38-43(36-37-45(49)40-22-7-2-8-23-40)56-51-33-18-16-31-48(51)54-52(34-19-35-53(54)56)55(42-26-11-4-12-27-42)50-32-17-15-29-46(50)41-24-9-3-10-25-41/h1-38H. The molecule has 0 atom stereocenters. The van der Waals surface area contributed by atoms with Crippen molar-refractivity contribution in [3.05, 3.63) is 231 Å². The maximum Gasteiger partial charge on any atom is 0.0562 e. The summed E-state index contributed by atoms with van der Waals surface area (Å²) < 4.78 is 2.45. The Morgan fingerprint density at radius 2 is 0.786 bits per heavy atom. The van der Waals surface area contributed by atoms with Crippen molar-refractivity contribution in [2.45, 2.75) is 0 Å². The molecule has 0 saturated carbocycles. The fourth-order valence-electron chi connectivity index (χ4n) is 8.33. The third-order valence-electron chi connectivity index (χ3n) is 10.8. The van der Waals surface area contributed by atoms with Crippen LogP contribution in [-0.2, 0) is 0 Å². The first-order valence-electron chi connectivity index (χ1n) is 19.2. The Labute approximate surface area is 327 Å². The monoisotopic (exact) mass is 714 g/mol. The molecule has 0 spiro atoms. The lowest BCUT2D eigenvalue weighted by Gasteiger charge is -2.28. The van der Waals surface area contributed by atoms with E-state index in [0.29, 0.717) is 0 Å². The first-order chi connectivity index (χ1) is 27.8. The van der Waals surface area contributed by atoms with Gasteiger partial charge in [0.1, 0.15) is 0 Å². The minimum atomic E-state index is 1.10. The molecule has 0 aliphatic rings. The van der Waals surface area contributed by atoms with Crippen LogP contribution in [0.25, 0.3) is 72.0 Å². The molecule has 264 valence electrons. The van der Waals surface area contributed by atoms with Gasteiger partial charge in [0.2, 0.25) is 0 Å². The predicted octanol–water partition coefficient (Wildman–Crippen LogP) is 14.9. The second kappa shape index (κ2) is 14.4. The number of rotatable bonds is 8. The van der Waals surface area contributed by atoms with Crippen molar-refractivity contribution in [3.63, 3.8) is 0 Å². The molecule has 2 nitrogen and oxygen atoms in total. The van der Waals surface area contributed by atoms with Crippen LogP contribution in [-0.4, -0.2) is 4.57 Å². The van der Waals surface area contributed by atoms with E-state index in [4.69, 9.17) is 0 Å². The number of hydrogen-bond donors (Lipinski definition) is 0. The van der Waals surface area contributed by atoms with Gasteiger partial charge in [-0.15, -0.1) is 0 Å². The summed E-state index contributed by atoms with van der Waals surface area (Å²) in [5.74, 6) is 0. The Hall–Kier alpha value is -7.42. The second-order valence-electron chi connectivity index (χ2n) is 14.1. The minimum absolute atomic E-state index is 1.10. The van der Waals surface area contributed by atoms with Crippen LogP contribution in [0.4, 0.5) is 17.1 Å². The molecule has 0 unspecified atom stereocenters. The molecule has 10 rings (SSSR count). The summed E-state index contributed by atoms with van der Waals surface area (Å²) in [6.45, 7) is 0. The molecule has 1 aromatic heterocycles. The molecule has 0 saturated heterocycles. The van der Waals surface area contributed by atoms with Gasteiger partial charge in [-0.1, -0.05) is 182 Å². The summed E-state index contributed by atoms with van der Waals surface area (Å²) in [5.41, 5.74) is 16.3. The number of anilines is 3. The second-order valence-corrected chi connectivity index (χ2v) is 14.1. The Kier molecular flexibility index (Phi) is 8.55. The van der Waals surface area contributed by atoms with Crippen LogP contribution in [0.15, 0.2) is 231 Å². The molecule has 0 N–H and O–H groups in total. The quantitative estimate of drug-likeness (QED) is 0.152. The molecule has 0 aliphatic carbocycles. The molecule has 56 heavy (non-hydrogen) atoms. The number of benzene rings is 9. The number of nitrogens with zero attached hydrogens (tertiary/aromatic N) is 2. The fraction of sp³-hybridized carbons (Fsp3) is 0. The smallest absolute Gasteiger partial charge is 0.0562 e. The van der Waals surface area contributed by atoms with Crippen molar-refractivity contribution in [2.75, 3.05) is 4.90 Å². The van der Waals surface area contributed by atoms with Crippen LogP contribution in [0.3, 0.4) is 0 Å². The highest BCUT2D eigenvalue weighted by Gasteiger charge is 2.23. The van der Waals surface area contributed by atoms with Crippen molar-refractivity contribution in [1.82, 2.24) is 4.57 Å². The van der Waals surface area contributed by atoms with Gasteiger partial charge in [0, 0.05) is 27.7 Å². The van der Waals surface area contributed by atoms with Gasteiger partial charge in [-0.25, -0.2) is 0 Å². The Balaban J connectivity index is 1.24. The zero-order valence-corrected chi connectivity index (χ0v) is 30.8. The summed E-state index contributed by atoms with van der Waals surface area (Å²) in [4.78, 5) is 2.43. The molecule has 0 amide bonds. The number of para-hydroxylation sites is 3. The van der Waals surface area contributed by atoms with Gasteiger partial charge in [-0.3, -0.25) is 0 Å². The summed E-state index contributed by atoms with van der Waals surface area (Å²) in [7, 11) is 0. The van der Waals surface area contributed by atoms with Gasteiger partial charge in [0.05, 0.1) is 22.4 Å². The molecule has 1 heterocycles. The van der Waals surface area contributed by atoms with Crippen LogP contribution in [0.2, 0.25) is 0 Å². The Morgan fingerprint density at radius 1 is 0.304 bits per heavy atom. The van der Waals surface area contributed by atoms with Gasteiger partial charge < -0.3 is 9.47 Å². The normalized spacial score (nSPS) is 11.2. The first-order valence-corrected chi connectivity index (χ1v) is 19.2. The molecule has 2 heteroatoms. The van der Waals surface area contributed by atoms with Crippen LogP contribution >= 0.6 is 0 Å². The van der Waals surface area contributed by atoms with E-state index in [2.05, 4.69) is 240 Å². The lowest BCUT2D eigenvalue weighted by molar-refractivity contribution is 1.18. The highest BCUT2D eigenvalue weighted by Crippen LogP contribution is 2.47. The zero-order valence-electron chi connectivity index (χ0n) is 30.8. The maximum absolute atomic E-state index is 2.45. The lowest BCUT2D eigenvalue weighted by Crippen LogP contribution is -2.11.